The number of aromatic nitrogens is 2. The van der Waals surface area contributed by atoms with Gasteiger partial charge in [-0.05, 0) is 48.0 Å². The zero-order valence-corrected chi connectivity index (χ0v) is 18.3. The van der Waals surface area contributed by atoms with Gasteiger partial charge in [-0.15, -0.1) is 0 Å². The van der Waals surface area contributed by atoms with E-state index in [4.69, 9.17) is 4.74 Å². The fraction of sp³-hybridized carbons (Fsp3) is 0.125. The van der Waals surface area contributed by atoms with Crippen LogP contribution in [0.5, 0.6) is 5.75 Å². The van der Waals surface area contributed by atoms with E-state index in [1.54, 1.807) is 30.5 Å². The normalized spacial score (nSPS) is 11.3. The zero-order chi connectivity index (χ0) is 21.8. The Kier molecular flexibility index (Phi) is 6.23. The standard InChI is InChI=1S/C24H19BrFN3O2/c1-2-23-28-21-11-10-18(25)13-20(21)24(30)29(23)27-14-17-7-3-4-9-22(17)31-15-16-6-5-8-19(26)12-16/h3-14H,2,15H2,1H3. The van der Waals surface area contributed by atoms with Crippen molar-refractivity contribution in [3.63, 3.8) is 0 Å². The highest BCUT2D eigenvalue weighted by molar-refractivity contribution is 9.10. The molecule has 156 valence electrons. The van der Waals surface area contributed by atoms with Gasteiger partial charge in [-0.3, -0.25) is 4.79 Å². The minimum absolute atomic E-state index is 0.217. The number of halogens is 2. The second kappa shape index (κ2) is 9.22. The first-order valence-electron chi connectivity index (χ1n) is 9.77. The lowest BCUT2D eigenvalue weighted by molar-refractivity contribution is 0.305. The van der Waals surface area contributed by atoms with Gasteiger partial charge in [-0.2, -0.15) is 9.78 Å². The quantitative estimate of drug-likeness (QED) is 0.351. The Bertz CT molecular complexity index is 1330. The summed E-state index contributed by atoms with van der Waals surface area (Å²) in [6.45, 7) is 2.14. The first-order chi connectivity index (χ1) is 15.0. The Morgan fingerprint density at radius 1 is 1.13 bits per heavy atom. The number of benzene rings is 3. The van der Waals surface area contributed by atoms with Gasteiger partial charge in [0.2, 0.25) is 0 Å². The van der Waals surface area contributed by atoms with Crippen LogP contribution in [0.3, 0.4) is 0 Å². The predicted octanol–water partition coefficient (Wildman–Crippen LogP) is 5.32. The molecule has 1 aromatic heterocycles. The summed E-state index contributed by atoms with van der Waals surface area (Å²) in [5.41, 5.74) is 1.82. The van der Waals surface area contributed by atoms with Crippen LogP contribution in [0.25, 0.3) is 10.9 Å². The molecule has 0 aliphatic carbocycles. The summed E-state index contributed by atoms with van der Waals surface area (Å²) in [6.07, 6.45) is 2.13. The van der Waals surface area contributed by atoms with Gasteiger partial charge in [0.05, 0.1) is 17.1 Å². The maximum absolute atomic E-state index is 13.4. The summed E-state index contributed by atoms with van der Waals surface area (Å²) in [7, 11) is 0. The number of aryl methyl sites for hydroxylation is 1. The molecule has 4 aromatic rings. The third-order valence-corrected chi connectivity index (χ3v) is 5.20. The molecule has 0 N–H and O–H groups in total. The number of hydrogen-bond donors (Lipinski definition) is 0. The third-order valence-electron chi connectivity index (χ3n) is 4.71. The zero-order valence-electron chi connectivity index (χ0n) is 16.8. The fourth-order valence-electron chi connectivity index (χ4n) is 3.17. The molecule has 0 fully saturated rings. The van der Waals surface area contributed by atoms with Crippen LogP contribution < -0.4 is 10.3 Å². The maximum atomic E-state index is 13.4. The molecule has 0 spiro atoms. The minimum Gasteiger partial charge on any atom is -0.488 e. The first-order valence-corrected chi connectivity index (χ1v) is 10.6. The summed E-state index contributed by atoms with van der Waals surface area (Å²) in [5, 5.41) is 4.90. The Balaban J connectivity index is 1.67. The average Bonchev–Trinajstić information content (AvgIpc) is 2.78. The van der Waals surface area contributed by atoms with Crippen LogP contribution in [0, 0.1) is 5.82 Å². The Morgan fingerprint density at radius 3 is 2.77 bits per heavy atom. The van der Waals surface area contributed by atoms with Gasteiger partial charge in [-0.1, -0.05) is 47.1 Å². The van der Waals surface area contributed by atoms with E-state index in [1.165, 1.54) is 16.8 Å². The second-order valence-corrected chi connectivity index (χ2v) is 7.78. The number of rotatable bonds is 6. The molecule has 4 rings (SSSR count). The van der Waals surface area contributed by atoms with Crippen LogP contribution in [0.1, 0.15) is 23.9 Å². The third kappa shape index (κ3) is 4.72. The maximum Gasteiger partial charge on any atom is 0.282 e. The van der Waals surface area contributed by atoms with Crippen LogP contribution in [0.15, 0.2) is 81.1 Å². The van der Waals surface area contributed by atoms with Gasteiger partial charge >= 0.3 is 0 Å². The van der Waals surface area contributed by atoms with E-state index < -0.39 is 0 Å². The summed E-state index contributed by atoms with van der Waals surface area (Å²) in [6, 6.07) is 19.0. The van der Waals surface area contributed by atoms with Crippen molar-refractivity contribution in [2.45, 2.75) is 20.0 Å². The number of ether oxygens (including phenoxy) is 1. The minimum atomic E-state index is -0.308. The molecule has 0 aliphatic rings. The van der Waals surface area contributed by atoms with Crippen molar-refractivity contribution in [2.75, 3.05) is 0 Å². The van der Waals surface area contributed by atoms with E-state index in [-0.39, 0.29) is 18.0 Å². The van der Waals surface area contributed by atoms with Crippen LogP contribution in [0.4, 0.5) is 4.39 Å². The summed E-state index contributed by atoms with van der Waals surface area (Å²) in [4.78, 5) is 17.6. The topological polar surface area (TPSA) is 56.5 Å². The number of para-hydroxylation sites is 1. The second-order valence-electron chi connectivity index (χ2n) is 6.86. The van der Waals surface area contributed by atoms with Gasteiger partial charge in [-0.25, -0.2) is 9.37 Å². The molecule has 0 unspecified atom stereocenters. The Labute approximate surface area is 187 Å². The molecule has 0 radical (unpaired) electrons. The Hall–Kier alpha value is -3.32. The lowest BCUT2D eigenvalue weighted by Gasteiger charge is -2.10. The van der Waals surface area contributed by atoms with Gasteiger partial charge in [0.25, 0.3) is 5.56 Å². The van der Waals surface area contributed by atoms with Crippen LogP contribution in [0.2, 0.25) is 0 Å². The van der Waals surface area contributed by atoms with E-state index in [0.29, 0.717) is 34.5 Å². The molecule has 0 aliphatic heterocycles. The van der Waals surface area contributed by atoms with Crippen molar-refractivity contribution in [1.29, 1.82) is 0 Å². The largest absolute Gasteiger partial charge is 0.488 e. The molecular formula is C24H19BrFN3O2. The van der Waals surface area contributed by atoms with Crippen molar-refractivity contribution in [2.24, 2.45) is 5.10 Å². The van der Waals surface area contributed by atoms with Gasteiger partial charge < -0.3 is 4.74 Å². The van der Waals surface area contributed by atoms with Crippen LogP contribution >= 0.6 is 15.9 Å². The molecule has 0 bridgehead atoms. The van der Waals surface area contributed by atoms with E-state index in [1.807, 2.05) is 37.3 Å². The molecular weight excluding hydrogens is 461 g/mol. The van der Waals surface area contributed by atoms with Gasteiger partial charge in [0.15, 0.2) is 0 Å². The summed E-state index contributed by atoms with van der Waals surface area (Å²) >= 11 is 3.40. The molecule has 0 saturated heterocycles. The molecule has 0 atom stereocenters. The molecule has 1 heterocycles. The number of fused-ring (bicyclic) bond motifs is 1. The van der Waals surface area contributed by atoms with E-state index in [2.05, 4.69) is 26.0 Å². The van der Waals surface area contributed by atoms with Gasteiger partial charge in [0, 0.05) is 16.5 Å². The molecule has 7 heteroatoms. The summed E-state index contributed by atoms with van der Waals surface area (Å²) < 4.78 is 21.4. The van der Waals surface area contributed by atoms with Crippen molar-refractivity contribution in [3.05, 3.63) is 104 Å². The van der Waals surface area contributed by atoms with Crippen molar-refractivity contribution in [3.8, 4) is 5.75 Å². The average molecular weight is 480 g/mol. The smallest absolute Gasteiger partial charge is 0.282 e. The van der Waals surface area contributed by atoms with Crippen LogP contribution in [-0.2, 0) is 13.0 Å². The highest BCUT2D eigenvalue weighted by atomic mass is 79.9. The first kappa shape index (κ1) is 20.9. The van der Waals surface area contributed by atoms with Gasteiger partial charge in [0.1, 0.15) is 24.0 Å². The lowest BCUT2D eigenvalue weighted by Crippen LogP contribution is -2.22. The molecule has 31 heavy (non-hydrogen) atoms. The molecule has 0 saturated carbocycles. The highest BCUT2D eigenvalue weighted by Gasteiger charge is 2.10. The number of nitrogens with zero attached hydrogens (tertiary/aromatic N) is 3. The van der Waals surface area contributed by atoms with Crippen molar-refractivity contribution in [1.82, 2.24) is 9.66 Å². The van der Waals surface area contributed by atoms with Crippen LogP contribution in [-0.4, -0.2) is 15.9 Å². The Morgan fingerprint density at radius 2 is 1.97 bits per heavy atom. The summed E-state index contributed by atoms with van der Waals surface area (Å²) in [5.74, 6) is 0.838. The SMILES string of the molecule is CCc1nc2ccc(Br)cc2c(=O)n1N=Cc1ccccc1OCc1cccc(F)c1. The van der Waals surface area contributed by atoms with E-state index in [9.17, 15) is 9.18 Å². The fourth-order valence-corrected chi connectivity index (χ4v) is 3.53. The highest BCUT2D eigenvalue weighted by Crippen LogP contribution is 2.19. The number of hydrogen-bond acceptors (Lipinski definition) is 4. The monoisotopic (exact) mass is 479 g/mol. The predicted molar refractivity (Wildman–Crippen MR) is 123 cm³/mol. The van der Waals surface area contributed by atoms with E-state index >= 15 is 0 Å². The van der Waals surface area contributed by atoms with Crippen molar-refractivity contribution >= 4 is 33.0 Å². The van der Waals surface area contributed by atoms with Crippen molar-refractivity contribution < 1.29 is 9.13 Å². The lowest BCUT2D eigenvalue weighted by atomic mass is 10.2. The van der Waals surface area contributed by atoms with E-state index in [0.717, 1.165) is 10.0 Å². The molecule has 3 aromatic carbocycles. The molecule has 0 amide bonds. The molecule has 5 nitrogen and oxygen atoms in total.